The van der Waals surface area contributed by atoms with Crippen LogP contribution in [0, 0.1) is 0 Å². The molecule has 3 rings (SSSR count). The van der Waals surface area contributed by atoms with E-state index >= 15 is 0 Å². The largest absolute Gasteiger partial charge is 0.330 e. The zero-order valence-corrected chi connectivity index (χ0v) is 15.0. The van der Waals surface area contributed by atoms with Crippen molar-refractivity contribution in [1.82, 2.24) is 4.90 Å². The lowest BCUT2D eigenvalue weighted by Crippen LogP contribution is -2.42. The Kier molecular flexibility index (Phi) is 5.82. The van der Waals surface area contributed by atoms with Gasteiger partial charge in [0.1, 0.15) is 0 Å². The molecular weight excluding hydrogens is 320 g/mol. The number of nitrogens with zero attached hydrogens (tertiary/aromatic N) is 1. The van der Waals surface area contributed by atoms with E-state index in [4.69, 9.17) is 5.73 Å². The molecule has 132 valence electrons. The van der Waals surface area contributed by atoms with Crippen LogP contribution in [0.15, 0.2) is 84.9 Å². The van der Waals surface area contributed by atoms with Gasteiger partial charge in [0.25, 0.3) is 5.91 Å². The van der Waals surface area contributed by atoms with Gasteiger partial charge in [-0.25, -0.2) is 0 Å². The summed E-state index contributed by atoms with van der Waals surface area (Å²) in [6, 6.07) is 27.8. The van der Waals surface area contributed by atoms with Crippen LogP contribution in [0.5, 0.6) is 0 Å². The molecule has 3 heteroatoms. The Morgan fingerprint density at radius 1 is 0.885 bits per heavy atom. The molecule has 26 heavy (non-hydrogen) atoms. The summed E-state index contributed by atoms with van der Waals surface area (Å²) in [7, 11) is 0. The summed E-state index contributed by atoms with van der Waals surface area (Å²) >= 11 is 0. The summed E-state index contributed by atoms with van der Waals surface area (Å²) in [4.78, 5) is 15.3. The lowest BCUT2D eigenvalue weighted by Gasteiger charge is -2.29. The van der Waals surface area contributed by atoms with Gasteiger partial charge in [-0.2, -0.15) is 0 Å². The highest BCUT2D eigenvalue weighted by molar-refractivity contribution is 6.01. The summed E-state index contributed by atoms with van der Waals surface area (Å²) in [5, 5.41) is 0. The molecule has 0 fully saturated rings. The van der Waals surface area contributed by atoms with Crippen molar-refractivity contribution in [2.24, 2.45) is 5.73 Å². The van der Waals surface area contributed by atoms with E-state index in [2.05, 4.69) is 0 Å². The fourth-order valence-corrected chi connectivity index (χ4v) is 3.03. The smallest absolute Gasteiger partial charge is 0.255 e. The molecule has 0 bridgehead atoms. The molecule has 3 aromatic rings. The van der Waals surface area contributed by atoms with Crippen LogP contribution in [-0.2, 0) is 6.54 Å². The molecule has 1 unspecified atom stereocenters. The van der Waals surface area contributed by atoms with Crippen LogP contribution in [0.4, 0.5) is 0 Å². The average molecular weight is 344 g/mol. The molecule has 0 aliphatic carbocycles. The summed E-state index contributed by atoms with van der Waals surface area (Å²) < 4.78 is 0. The van der Waals surface area contributed by atoms with Crippen molar-refractivity contribution in [2.45, 2.75) is 19.5 Å². The molecule has 0 spiro atoms. The number of hydrogen-bond donors (Lipinski definition) is 1. The van der Waals surface area contributed by atoms with E-state index in [0.717, 1.165) is 16.7 Å². The third-order valence-corrected chi connectivity index (χ3v) is 4.57. The minimum absolute atomic E-state index is 0.00579. The Bertz CT molecular complexity index is 846. The quantitative estimate of drug-likeness (QED) is 0.723. The zero-order valence-electron chi connectivity index (χ0n) is 15.0. The maximum atomic E-state index is 13.4. The van der Waals surface area contributed by atoms with Gasteiger partial charge < -0.3 is 10.6 Å². The monoisotopic (exact) mass is 344 g/mol. The Balaban J connectivity index is 1.97. The molecule has 0 saturated carbocycles. The van der Waals surface area contributed by atoms with Gasteiger partial charge in [0.2, 0.25) is 0 Å². The van der Waals surface area contributed by atoms with E-state index in [0.29, 0.717) is 18.7 Å². The number of nitrogens with two attached hydrogens (primary N) is 1. The lowest BCUT2D eigenvalue weighted by atomic mass is 9.98. The van der Waals surface area contributed by atoms with E-state index in [1.807, 2.05) is 96.8 Å². The van der Waals surface area contributed by atoms with E-state index in [1.54, 1.807) is 0 Å². The molecule has 0 aromatic heterocycles. The van der Waals surface area contributed by atoms with Crippen LogP contribution in [0.25, 0.3) is 11.1 Å². The minimum atomic E-state index is -0.0495. The normalized spacial score (nSPS) is 11.8. The Labute approximate surface area is 155 Å². The number of amides is 1. The number of carbonyl (C=O) groups is 1. The maximum absolute atomic E-state index is 13.4. The van der Waals surface area contributed by atoms with Gasteiger partial charge in [-0.1, -0.05) is 78.9 Å². The van der Waals surface area contributed by atoms with Crippen LogP contribution in [-0.4, -0.2) is 23.4 Å². The molecule has 1 amide bonds. The third-order valence-electron chi connectivity index (χ3n) is 4.57. The van der Waals surface area contributed by atoms with Crippen molar-refractivity contribution < 1.29 is 4.79 Å². The summed E-state index contributed by atoms with van der Waals surface area (Å²) in [6.45, 7) is 2.96. The first kappa shape index (κ1) is 17.9. The molecule has 0 aliphatic heterocycles. The van der Waals surface area contributed by atoms with Crippen molar-refractivity contribution >= 4 is 5.91 Å². The van der Waals surface area contributed by atoms with Crippen molar-refractivity contribution in [1.29, 1.82) is 0 Å². The van der Waals surface area contributed by atoms with Gasteiger partial charge in [0.05, 0.1) is 0 Å². The number of carbonyl (C=O) groups excluding carboxylic acids is 1. The molecule has 3 aromatic carbocycles. The Morgan fingerprint density at radius 2 is 1.46 bits per heavy atom. The van der Waals surface area contributed by atoms with Gasteiger partial charge in [-0.15, -0.1) is 0 Å². The summed E-state index contributed by atoms with van der Waals surface area (Å²) in [5.41, 5.74) is 9.68. The highest BCUT2D eigenvalue weighted by Crippen LogP contribution is 2.25. The fraction of sp³-hybridized carbons (Fsp3) is 0.174. The molecule has 0 heterocycles. The highest BCUT2D eigenvalue weighted by Gasteiger charge is 2.23. The minimum Gasteiger partial charge on any atom is -0.330 e. The van der Waals surface area contributed by atoms with Crippen LogP contribution >= 0.6 is 0 Å². The van der Waals surface area contributed by atoms with Crippen molar-refractivity contribution in [3.05, 3.63) is 96.1 Å². The van der Waals surface area contributed by atoms with Crippen LogP contribution in [0.3, 0.4) is 0 Å². The maximum Gasteiger partial charge on any atom is 0.255 e. The first-order chi connectivity index (χ1) is 12.7. The number of benzene rings is 3. The van der Waals surface area contributed by atoms with E-state index in [9.17, 15) is 4.79 Å². The first-order valence-corrected chi connectivity index (χ1v) is 8.90. The van der Waals surface area contributed by atoms with Gasteiger partial charge in [-0.05, 0) is 29.7 Å². The lowest BCUT2D eigenvalue weighted by molar-refractivity contribution is 0.0682. The second kappa shape index (κ2) is 8.45. The van der Waals surface area contributed by atoms with E-state index in [1.165, 1.54) is 0 Å². The molecule has 0 aliphatic rings. The van der Waals surface area contributed by atoms with Crippen molar-refractivity contribution in [2.75, 3.05) is 6.54 Å². The second-order valence-electron chi connectivity index (χ2n) is 6.41. The summed E-state index contributed by atoms with van der Waals surface area (Å²) in [5.74, 6) is 0.00579. The van der Waals surface area contributed by atoms with E-state index in [-0.39, 0.29) is 11.9 Å². The zero-order chi connectivity index (χ0) is 18.4. The Hall–Kier alpha value is -2.91. The average Bonchev–Trinajstić information content (AvgIpc) is 2.72. The second-order valence-corrected chi connectivity index (χ2v) is 6.41. The van der Waals surface area contributed by atoms with Gasteiger partial charge in [0, 0.05) is 24.7 Å². The van der Waals surface area contributed by atoms with Gasteiger partial charge >= 0.3 is 0 Å². The predicted molar refractivity (Wildman–Crippen MR) is 107 cm³/mol. The highest BCUT2D eigenvalue weighted by atomic mass is 16.2. The van der Waals surface area contributed by atoms with Gasteiger partial charge in [0.15, 0.2) is 0 Å². The Morgan fingerprint density at radius 3 is 2.12 bits per heavy atom. The van der Waals surface area contributed by atoms with Crippen molar-refractivity contribution in [3.8, 4) is 11.1 Å². The van der Waals surface area contributed by atoms with Crippen LogP contribution < -0.4 is 5.73 Å². The third kappa shape index (κ3) is 4.01. The predicted octanol–water partition coefficient (Wildman–Crippen LogP) is 4.34. The molecule has 3 nitrogen and oxygen atoms in total. The standard InChI is InChI=1S/C23H24N2O/c1-18(16-24)25(17-19-10-4-2-5-11-19)23(26)22-15-9-8-14-21(22)20-12-6-3-7-13-20/h2-15,18H,16-17,24H2,1H3. The van der Waals surface area contributed by atoms with Crippen LogP contribution in [0.2, 0.25) is 0 Å². The van der Waals surface area contributed by atoms with Crippen LogP contribution in [0.1, 0.15) is 22.8 Å². The first-order valence-electron chi connectivity index (χ1n) is 8.90. The fourth-order valence-electron chi connectivity index (χ4n) is 3.03. The number of rotatable bonds is 6. The van der Waals surface area contributed by atoms with Crippen molar-refractivity contribution in [3.63, 3.8) is 0 Å². The molecular formula is C23H24N2O. The topological polar surface area (TPSA) is 46.3 Å². The SMILES string of the molecule is CC(CN)N(Cc1ccccc1)C(=O)c1ccccc1-c1ccccc1. The molecule has 1 atom stereocenters. The number of hydrogen-bond acceptors (Lipinski definition) is 2. The molecule has 2 N–H and O–H groups in total. The van der Waals surface area contributed by atoms with E-state index < -0.39 is 0 Å². The summed E-state index contributed by atoms with van der Waals surface area (Å²) in [6.07, 6.45) is 0. The molecule has 0 radical (unpaired) electrons. The van der Waals surface area contributed by atoms with Gasteiger partial charge in [-0.3, -0.25) is 4.79 Å². The molecule has 0 saturated heterocycles.